The normalized spacial score (nSPS) is 11.3. The summed E-state index contributed by atoms with van der Waals surface area (Å²) in [6.07, 6.45) is 7.38. The minimum absolute atomic E-state index is 0.268. The second-order valence-corrected chi connectivity index (χ2v) is 7.58. The van der Waals surface area contributed by atoms with Crippen molar-refractivity contribution in [1.29, 1.82) is 0 Å². The van der Waals surface area contributed by atoms with Crippen LogP contribution in [-0.4, -0.2) is 33.6 Å². The Kier molecular flexibility index (Phi) is 4.92. The molecule has 5 rings (SSSR count). The number of fused-ring (bicyclic) bond motifs is 2. The summed E-state index contributed by atoms with van der Waals surface area (Å²) in [5.74, 6) is 1.90. The van der Waals surface area contributed by atoms with Gasteiger partial charge in [-0.25, -0.2) is 4.98 Å². The molecule has 0 saturated heterocycles. The lowest BCUT2D eigenvalue weighted by molar-refractivity contribution is 0.415. The van der Waals surface area contributed by atoms with Crippen molar-refractivity contribution in [2.24, 2.45) is 0 Å². The molecule has 0 spiro atoms. The number of nitrogens with two attached hydrogens (primary N) is 1. The molecule has 5 aromatic rings. The summed E-state index contributed by atoms with van der Waals surface area (Å²) in [7, 11) is 1.68. The number of nitrogen functional groups attached to an aromatic ring is 1. The van der Waals surface area contributed by atoms with Gasteiger partial charge in [0.25, 0.3) is 0 Å². The van der Waals surface area contributed by atoms with Crippen molar-refractivity contribution in [2.45, 2.75) is 12.8 Å². The molecule has 31 heavy (non-hydrogen) atoms. The number of anilines is 2. The van der Waals surface area contributed by atoms with E-state index in [1.807, 2.05) is 30.7 Å². The van der Waals surface area contributed by atoms with Gasteiger partial charge in [0.1, 0.15) is 11.6 Å². The average molecular weight is 412 g/mol. The van der Waals surface area contributed by atoms with Gasteiger partial charge in [-0.1, -0.05) is 6.07 Å². The zero-order chi connectivity index (χ0) is 21.2. The van der Waals surface area contributed by atoms with Crippen molar-refractivity contribution in [1.82, 2.24) is 19.9 Å². The van der Waals surface area contributed by atoms with Crippen molar-refractivity contribution in [3.8, 4) is 5.75 Å². The Labute approximate surface area is 179 Å². The molecule has 5 N–H and O–H groups in total. The molecule has 0 saturated carbocycles. The summed E-state index contributed by atoms with van der Waals surface area (Å²) in [5.41, 5.74) is 11.5. The Bertz CT molecular complexity index is 1350. The molecule has 3 aromatic heterocycles. The zero-order valence-corrected chi connectivity index (χ0v) is 17.3. The maximum atomic E-state index is 5.87. The van der Waals surface area contributed by atoms with Gasteiger partial charge in [0, 0.05) is 53.5 Å². The van der Waals surface area contributed by atoms with Crippen LogP contribution in [0.1, 0.15) is 16.7 Å². The molecule has 0 amide bonds. The van der Waals surface area contributed by atoms with Crippen LogP contribution >= 0.6 is 0 Å². The van der Waals surface area contributed by atoms with Crippen molar-refractivity contribution >= 4 is 33.6 Å². The third-order valence-corrected chi connectivity index (χ3v) is 5.56. The van der Waals surface area contributed by atoms with Crippen molar-refractivity contribution in [2.75, 3.05) is 24.7 Å². The SMILES string of the molecule is COc1ccc2[nH]cc(CCNc3nc(N)ncc3Cc3ccc4[nH]ccc4c3)c2c1. The molecule has 0 aliphatic rings. The van der Waals surface area contributed by atoms with E-state index in [0.717, 1.165) is 47.6 Å². The number of hydrogen-bond donors (Lipinski definition) is 4. The monoisotopic (exact) mass is 412 g/mol. The van der Waals surface area contributed by atoms with E-state index < -0.39 is 0 Å². The van der Waals surface area contributed by atoms with Crippen LogP contribution in [0.5, 0.6) is 5.75 Å². The Morgan fingerprint density at radius 1 is 1.03 bits per heavy atom. The second kappa shape index (κ2) is 8.02. The van der Waals surface area contributed by atoms with E-state index in [2.05, 4.69) is 55.6 Å². The minimum Gasteiger partial charge on any atom is -0.497 e. The fourth-order valence-electron chi connectivity index (χ4n) is 3.94. The number of aromatic amines is 2. The first kappa shape index (κ1) is 19.0. The summed E-state index contributed by atoms with van der Waals surface area (Å²) < 4.78 is 5.37. The second-order valence-electron chi connectivity index (χ2n) is 7.58. The van der Waals surface area contributed by atoms with Gasteiger partial charge in [-0.3, -0.25) is 0 Å². The zero-order valence-electron chi connectivity index (χ0n) is 17.3. The highest BCUT2D eigenvalue weighted by Gasteiger charge is 2.10. The molecule has 2 aromatic carbocycles. The molecule has 0 aliphatic heterocycles. The van der Waals surface area contributed by atoms with E-state index in [0.29, 0.717) is 0 Å². The number of rotatable bonds is 7. The molecular weight excluding hydrogens is 388 g/mol. The van der Waals surface area contributed by atoms with Crippen LogP contribution in [0.2, 0.25) is 0 Å². The number of methoxy groups -OCH3 is 1. The van der Waals surface area contributed by atoms with Crippen molar-refractivity contribution in [3.05, 3.63) is 77.7 Å². The number of ether oxygens (including phenoxy) is 1. The molecule has 0 aliphatic carbocycles. The first-order valence-electron chi connectivity index (χ1n) is 10.2. The number of nitrogens with zero attached hydrogens (tertiary/aromatic N) is 2. The fraction of sp³-hybridized carbons (Fsp3) is 0.167. The molecular formula is C24H24N6O. The predicted molar refractivity (Wildman–Crippen MR) is 125 cm³/mol. The Hall–Kier alpha value is -4.00. The van der Waals surface area contributed by atoms with E-state index in [1.54, 1.807) is 7.11 Å². The van der Waals surface area contributed by atoms with Gasteiger partial charge in [0.15, 0.2) is 0 Å². The van der Waals surface area contributed by atoms with Crippen LogP contribution in [0.15, 0.2) is 61.1 Å². The van der Waals surface area contributed by atoms with E-state index in [9.17, 15) is 0 Å². The van der Waals surface area contributed by atoms with Gasteiger partial charge in [-0.15, -0.1) is 0 Å². The van der Waals surface area contributed by atoms with E-state index in [-0.39, 0.29) is 5.95 Å². The maximum absolute atomic E-state index is 5.87. The number of aromatic nitrogens is 4. The van der Waals surface area contributed by atoms with Crippen LogP contribution in [0.4, 0.5) is 11.8 Å². The first-order valence-corrected chi connectivity index (χ1v) is 10.2. The van der Waals surface area contributed by atoms with E-state index >= 15 is 0 Å². The van der Waals surface area contributed by atoms with Gasteiger partial charge >= 0.3 is 0 Å². The summed E-state index contributed by atoms with van der Waals surface area (Å²) in [6, 6.07) is 14.5. The molecule has 0 atom stereocenters. The van der Waals surface area contributed by atoms with Crippen molar-refractivity contribution < 1.29 is 4.74 Å². The molecule has 7 nitrogen and oxygen atoms in total. The lowest BCUT2D eigenvalue weighted by Crippen LogP contribution is -2.11. The van der Waals surface area contributed by atoms with Gasteiger partial charge in [-0.05, 0) is 59.3 Å². The van der Waals surface area contributed by atoms with Crippen LogP contribution in [-0.2, 0) is 12.8 Å². The number of nitrogens with one attached hydrogen (secondary N) is 3. The Balaban J connectivity index is 1.33. The van der Waals surface area contributed by atoms with Gasteiger partial charge in [0.05, 0.1) is 7.11 Å². The molecule has 7 heteroatoms. The van der Waals surface area contributed by atoms with Gasteiger partial charge in [-0.2, -0.15) is 4.98 Å². The summed E-state index contributed by atoms with van der Waals surface area (Å²) in [4.78, 5) is 15.2. The molecule has 3 heterocycles. The predicted octanol–water partition coefficient (Wildman–Crippen LogP) is 4.28. The van der Waals surface area contributed by atoms with Crippen LogP contribution in [0.25, 0.3) is 21.8 Å². The van der Waals surface area contributed by atoms with Crippen LogP contribution in [0, 0.1) is 0 Å². The van der Waals surface area contributed by atoms with Crippen molar-refractivity contribution in [3.63, 3.8) is 0 Å². The molecule has 0 radical (unpaired) electrons. The standard InChI is InChI=1S/C24H24N6O/c1-31-19-3-5-22-20(12-19)17(13-28-22)7-9-27-23-18(14-29-24(25)30-23)11-15-2-4-21-16(10-15)6-8-26-21/h2-6,8,10,12-14,26,28H,7,9,11H2,1H3,(H3,25,27,29,30). The highest BCUT2D eigenvalue weighted by molar-refractivity contribution is 5.84. The van der Waals surface area contributed by atoms with Crippen LogP contribution in [0.3, 0.4) is 0 Å². The number of benzene rings is 2. The lowest BCUT2D eigenvalue weighted by atomic mass is 10.0. The summed E-state index contributed by atoms with van der Waals surface area (Å²) in [5, 5.41) is 5.82. The topological polar surface area (TPSA) is 105 Å². The highest BCUT2D eigenvalue weighted by Crippen LogP contribution is 2.25. The fourth-order valence-corrected chi connectivity index (χ4v) is 3.94. The quantitative estimate of drug-likeness (QED) is 0.319. The molecule has 0 unspecified atom stereocenters. The number of hydrogen-bond acceptors (Lipinski definition) is 5. The maximum Gasteiger partial charge on any atom is 0.221 e. The first-order chi connectivity index (χ1) is 15.2. The molecule has 0 fully saturated rings. The molecule has 156 valence electrons. The minimum atomic E-state index is 0.268. The summed E-state index contributed by atoms with van der Waals surface area (Å²) in [6.45, 7) is 0.727. The smallest absolute Gasteiger partial charge is 0.221 e. The largest absolute Gasteiger partial charge is 0.497 e. The van der Waals surface area contributed by atoms with Crippen LogP contribution < -0.4 is 15.8 Å². The van der Waals surface area contributed by atoms with E-state index in [1.165, 1.54) is 21.9 Å². The average Bonchev–Trinajstić information content (AvgIpc) is 3.41. The van der Waals surface area contributed by atoms with Gasteiger partial charge < -0.3 is 25.8 Å². The third-order valence-electron chi connectivity index (χ3n) is 5.56. The lowest BCUT2D eigenvalue weighted by Gasteiger charge is -2.12. The van der Waals surface area contributed by atoms with E-state index in [4.69, 9.17) is 10.5 Å². The Morgan fingerprint density at radius 3 is 2.84 bits per heavy atom. The van der Waals surface area contributed by atoms with Gasteiger partial charge in [0.2, 0.25) is 5.95 Å². The third kappa shape index (κ3) is 3.90. The number of H-pyrrole nitrogens is 2. The highest BCUT2D eigenvalue weighted by atomic mass is 16.5. The molecule has 0 bridgehead atoms. The summed E-state index contributed by atoms with van der Waals surface area (Å²) >= 11 is 0. The Morgan fingerprint density at radius 2 is 1.94 bits per heavy atom.